The van der Waals surface area contributed by atoms with Gasteiger partial charge in [-0.1, -0.05) is 0 Å². The van der Waals surface area contributed by atoms with Crippen LogP contribution in [-0.2, 0) is 38.4 Å². The van der Waals surface area contributed by atoms with Gasteiger partial charge in [0.15, 0.2) is 0 Å². The van der Waals surface area contributed by atoms with E-state index in [0.717, 1.165) is 40.3 Å². The van der Waals surface area contributed by atoms with Crippen LogP contribution in [-0.4, -0.2) is 154 Å². The molecule has 42 heavy (non-hydrogen) atoms. The molecule has 0 radical (unpaired) electrons. The van der Waals surface area contributed by atoms with Crippen LogP contribution in [0.25, 0.3) is 0 Å². The Bertz CT molecular complexity index is 640. The molecule has 0 rings (SSSR count). The van der Waals surface area contributed by atoms with Crippen LogP contribution in [0.4, 0.5) is 0 Å². The van der Waals surface area contributed by atoms with Gasteiger partial charge >= 0.3 is 17.9 Å². The Labute approximate surface area is 284 Å². The van der Waals surface area contributed by atoms with Crippen molar-refractivity contribution in [3.8, 4) is 0 Å². The van der Waals surface area contributed by atoms with Crippen molar-refractivity contribution >= 4 is 112 Å². The highest BCUT2D eigenvalue weighted by atomic mass is 32.2. The van der Waals surface area contributed by atoms with Crippen molar-refractivity contribution < 1.29 is 48.6 Å². The molecule has 0 atom stereocenters. The number of hydrogen-bond acceptors (Lipinski definition) is 18. The molecule has 0 aromatic rings. The lowest BCUT2D eigenvalue weighted by Gasteiger charge is -2.06. The zero-order valence-electron chi connectivity index (χ0n) is 23.8. The number of thioether (sulfide) groups is 8. The van der Waals surface area contributed by atoms with E-state index in [0.29, 0.717) is 72.0 Å². The molecule has 18 heteroatoms. The number of aliphatic hydroxyl groups excluding tert-OH is 2. The minimum Gasteiger partial charge on any atom is -0.464 e. The summed E-state index contributed by atoms with van der Waals surface area (Å²) >= 11 is 12.5. The van der Waals surface area contributed by atoms with Gasteiger partial charge in [-0.3, -0.25) is 14.4 Å². The van der Waals surface area contributed by atoms with E-state index in [1.54, 1.807) is 70.6 Å². The molecular formula is C24H44O10S8. The molecule has 0 heterocycles. The van der Waals surface area contributed by atoms with Crippen molar-refractivity contribution in [1.82, 2.24) is 0 Å². The molecule has 10 nitrogen and oxygen atoms in total. The number of carbonyl (C=O) groups is 3. The number of hydrogen-bond donors (Lipinski definition) is 2. The first-order valence-electron chi connectivity index (χ1n) is 13.1. The molecular weight excluding hydrogens is 705 g/mol. The minimum atomic E-state index is -0.236. The highest BCUT2D eigenvalue weighted by Crippen LogP contribution is 2.12. The monoisotopic (exact) mass is 748 g/mol. The fourth-order valence-corrected chi connectivity index (χ4v) is 8.31. The van der Waals surface area contributed by atoms with Crippen molar-refractivity contribution in [2.75, 3.05) is 125 Å². The van der Waals surface area contributed by atoms with Crippen LogP contribution in [0.15, 0.2) is 0 Å². The Morgan fingerprint density at radius 1 is 0.405 bits per heavy atom. The molecule has 0 spiro atoms. The van der Waals surface area contributed by atoms with E-state index in [4.69, 9.17) is 34.2 Å². The quantitative estimate of drug-likeness (QED) is 0.0253. The first kappa shape index (κ1) is 43.0. The third kappa shape index (κ3) is 35.5. The summed E-state index contributed by atoms with van der Waals surface area (Å²) in [5.74, 6) is 9.60. The van der Waals surface area contributed by atoms with Gasteiger partial charge in [0.25, 0.3) is 0 Å². The van der Waals surface area contributed by atoms with Crippen LogP contribution in [0.3, 0.4) is 0 Å². The van der Waals surface area contributed by atoms with Gasteiger partial charge < -0.3 is 24.4 Å². The van der Waals surface area contributed by atoms with E-state index in [1.165, 1.54) is 23.5 Å². The summed E-state index contributed by atoms with van der Waals surface area (Å²) in [6.45, 7) is 1.53. The third-order valence-electron chi connectivity index (χ3n) is 4.06. The molecule has 0 aliphatic heterocycles. The summed E-state index contributed by atoms with van der Waals surface area (Å²) in [5, 5.41) is 17.4. The van der Waals surface area contributed by atoms with Crippen molar-refractivity contribution in [3.63, 3.8) is 0 Å². The first-order valence-corrected chi connectivity index (χ1v) is 22.4. The van der Waals surface area contributed by atoms with Crippen molar-refractivity contribution in [3.05, 3.63) is 0 Å². The van der Waals surface area contributed by atoms with Crippen LogP contribution in [0.5, 0.6) is 0 Å². The molecule has 248 valence electrons. The van der Waals surface area contributed by atoms with Crippen molar-refractivity contribution in [1.29, 1.82) is 0 Å². The van der Waals surface area contributed by atoms with Gasteiger partial charge in [0.1, 0.15) is 25.1 Å². The molecule has 0 aromatic carbocycles. The number of aliphatic hydroxyl groups is 2. The second kappa shape index (κ2) is 36.5. The minimum absolute atomic E-state index is 0.131. The first-order chi connectivity index (χ1) is 20.6. The third-order valence-corrected chi connectivity index (χ3v) is 12.0. The predicted octanol–water partition coefficient (Wildman–Crippen LogP) is 3.33. The summed E-state index contributed by atoms with van der Waals surface area (Å²) in [7, 11) is 0. The largest absolute Gasteiger partial charge is 0.464 e. The van der Waals surface area contributed by atoms with Crippen LogP contribution in [0, 0.1) is 0 Å². The molecule has 0 amide bonds. The van der Waals surface area contributed by atoms with Crippen LogP contribution < -0.4 is 0 Å². The van der Waals surface area contributed by atoms with Gasteiger partial charge in [-0.05, 0) is 0 Å². The lowest BCUT2D eigenvalue weighted by molar-refractivity contribution is -0.274. The summed E-state index contributed by atoms with van der Waals surface area (Å²) in [6.07, 6.45) is 0. The van der Waals surface area contributed by atoms with Gasteiger partial charge in [-0.25, -0.2) is 9.78 Å². The lowest BCUT2D eigenvalue weighted by atomic mass is 10.7. The fraction of sp³-hybridized carbons (Fsp3) is 0.875. The maximum Gasteiger partial charge on any atom is 0.316 e. The maximum atomic E-state index is 11.8. The summed E-state index contributed by atoms with van der Waals surface area (Å²) in [6, 6.07) is 0. The second-order valence-electron chi connectivity index (χ2n) is 7.39. The average molecular weight is 749 g/mol. The van der Waals surface area contributed by atoms with Gasteiger partial charge in [-0.2, -0.15) is 35.3 Å². The Balaban J connectivity index is 3.25. The van der Waals surface area contributed by atoms with E-state index in [-0.39, 0.29) is 31.1 Å². The van der Waals surface area contributed by atoms with E-state index in [2.05, 4.69) is 0 Å². The zero-order valence-corrected chi connectivity index (χ0v) is 30.3. The summed E-state index contributed by atoms with van der Waals surface area (Å²) in [5.41, 5.74) is 0. The Morgan fingerprint density at radius 3 is 1.33 bits per heavy atom. The molecule has 0 aliphatic carbocycles. The van der Waals surface area contributed by atoms with E-state index >= 15 is 0 Å². The molecule has 0 aliphatic rings. The Morgan fingerprint density at radius 2 is 0.810 bits per heavy atom. The molecule has 0 saturated heterocycles. The SMILES string of the molecule is O=C(CSCCSCCOOCSCCSCOC(=O)CSCCSCC(=O)OCCSCCO)OCCSCCO. The summed E-state index contributed by atoms with van der Waals surface area (Å²) in [4.78, 5) is 45.2. The molecule has 0 unspecified atom stereocenters. The standard InChI is InChI=1S/C24H44O10S8/c25-1-6-35-8-3-30-22(27)17-38-12-11-37-10-5-33-34-21-42-16-15-41-20-32-24(29)19-40-14-13-39-18-23(28)31-4-9-36-7-2-26/h25-26H,1-21H2. The highest BCUT2D eigenvalue weighted by Gasteiger charge is 2.06. The van der Waals surface area contributed by atoms with Crippen molar-refractivity contribution in [2.24, 2.45) is 0 Å². The number of ether oxygens (including phenoxy) is 3. The molecule has 0 saturated carbocycles. The summed E-state index contributed by atoms with van der Waals surface area (Å²) < 4.78 is 15.4. The van der Waals surface area contributed by atoms with Crippen molar-refractivity contribution in [2.45, 2.75) is 0 Å². The van der Waals surface area contributed by atoms with E-state index in [9.17, 15) is 14.4 Å². The average Bonchev–Trinajstić information content (AvgIpc) is 2.98. The second-order valence-corrected chi connectivity index (χ2v) is 16.5. The van der Waals surface area contributed by atoms with Crippen LogP contribution in [0.1, 0.15) is 0 Å². The van der Waals surface area contributed by atoms with E-state index in [1.807, 2.05) is 0 Å². The molecule has 0 bridgehead atoms. The van der Waals surface area contributed by atoms with Gasteiger partial charge in [-0.15, -0.1) is 58.8 Å². The van der Waals surface area contributed by atoms with Gasteiger partial charge in [0, 0.05) is 63.3 Å². The predicted molar refractivity (Wildman–Crippen MR) is 188 cm³/mol. The zero-order chi connectivity index (χ0) is 30.8. The Hall–Kier alpha value is 1.05. The van der Waals surface area contributed by atoms with Crippen LogP contribution in [0.2, 0.25) is 0 Å². The Kier molecular flexibility index (Phi) is 37.4. The van der Waals surface area contributed by atoms with E-state index < -0.39 is 0 Å². The van der Waals surface area contributed by atoms with Gasteiger partial charge in [0.2, 0.25) is 0 Å². The maximum absolute atomic E-state index is 11.8. The molecule has 0 fully saturated rings. The fourth-order valence-electron chi connectivity index (χ4n) is 2.25. The number of carbonyl (C=O) groups excluding carboxylic acids is 3. The van der Waals surface area contributed by atoms with Crippen LogP contribution >= 0.6 is 94.1 Å². The normalized spacial score (nSPS) is 11.0. The topological polar surface area (TPSA) is 138 Å². The molecule has 0 aromatic heterocycles. The number of esters is 3. The lowest BCUT2D eigenvalue weighted by Crippen LogP contribution is -2.11. The number of rotatable bonds is 33. The highest BCUT2D eigenvalue weighted by molar-refractivity contribution is 8.04. The smallest absolute Gasteiger partial charge is 0.316 e. The molecule has 2 N–H and O–H groups in total. The van der Waals surface area contributed by atoms with Gasteiger partial charge in [0.05, 0.1) is 37.1 Å².